The summed E-state index contributed by atoms with van der Waals surface area (Å²) in [6.07, 6.45) is 1.60. The highest BCUT2D eigenvalue weighted by atomic mass is 79.9. The Labute approximate surface area is 193 Å². The summed E-state index contributed by atoms with van der Waals surface area (Å²) < 4.78 is 6.71. The molecule has 0 heterocycles. The minimum Gasteiger partial charge on any atom is -0.488 e. The van der Waals surface area contributed by atoms with Crippen LogP contribution in [0.1, 0.15) is 16.7 Å². The van der Waals surface area contributed by atoms with Crippen molar-refractivity contribution in [2.75, 3.05) is 5.75 Å². The summed E-state index contributed by atoms with van der Waals surface area (Å²) in [5.41, 5.74) is 5.70. The molecule has 0 unspecified atom stereocenters. The Balaban J connectivity index is 1.47. The molecule has 0 aliphatic rings. The lowest BCUT2D eigenvalue weighted by Gasteiger charge is -2.09. The monoisotopic (exact) mass is 502 g/mol. The van der Waals surface area contributed by atoms with Crippen molar-refractivity contribution in [1.82, 2.24) is 5.43 Å². The number of benzene rings is 3. The third-order valence-electron chi connectivity index (χ3n) is 4.02. The second kappa shape index (κ2) is 11.2. The fourth-order valence-corrected chi connectivity index (χ4v) is 3.90. The maximum Gasteiger partial charge on any atom is 0.250 e. The molecule has 0 atom stereocenters. The van der Waals surface area contributed by atoms with Gasteiger partial charge in [0.25, 0.3) is 0 Å². The molecule has 0 aliphatic heterocycles. The number of nitrogens with one attached hydrogen (secondary N) is 1. The predicted octanol–water partition coefficient (Wildman–Crippen LogP) is 6.23. The van der Waals surface area contributed by atoms with Crippen LogP contribution in [0.15, 0.2) is 81.2 Å². The van der Waals surface area contributed by atoms with Crippen molar-refractivity contribution in [2.24, 2.45) is 5.10 Å². The average molecular weight is 504 g/mol. The lowest BCUT2D eigenvalue weighted by Crippen LogP contribution is -2.19. The number of hydrogen-bond donors (Lipinski definition) is 1. The normalized spacial score (nSPS) is 10.9. The Morgan fingerprint density at radius 3 is 2.70 bits per heavy atom. The van der Waals surface area contributed by atoms with Crippen LogP contribution in [0.3, 0.4) is 0 Å². The molecule has 0 spiro atoms. The van der Waals surface area contributed by atoms with E-state index in [0.717, 1.165) is 26.2 Å². The Hall–Kier alpha value is -2.28. The molecule has 3 rings (SSSR count). The molecule has 154 valence electrons. The molecule has 7 heteroatoms. The van der Waals surface area contributed by atoms with Gasteiger partial charge in [-0.25, -0.2) is 5.43 Å². The van der Waals surface area contributed by atoms with E-state index in [0.29, 0.717) is 11.6 Å². The highest BCUT2D eigenvalue weighted by molar-refractivity contribution is 9.10. The molecule has 4 nitrogen and oxygen atoms in total. The van der Waals surface area contributed by atoms with Crippen LogP contribution in [0.25, 0.3) is 0 Å². The fourth-order valence-electron chi connectivity index (χ4n) is 2.57. The van der Waals surface area contributed by atoms with Crippen LogP contribution in [-0.2, 0) is 11.4 Å². The van der Waals surface area contributed by atoms with Gasteiger partial charge in [0, 0.05) is 9.92 Å². The number of halogens is 2. The van der Waals surface area contributed by atoms with Gasteiger partial charge in [0.05, 0.1) is 16.4 Å². The van der Waals surface area contributed by atoms with E-state index in [9.17, 15) is 4.79 Å². The second-order valence-corrected chi connectivity index (χ2v) is 8.84. The van der Waals surface area contributed by atoms with Crippen LogP contribution in [0, 0.1) is 6.92 Å². The molecule has 0 fully saturated rings. The number of carbonyl (C=O) groups excluding carboxylic acids is 1. The smallest absolute Gasteiger partial charge is 0.250 e. The van der Waals surface area contributed by atoms with Crippen molar-refractivity contribution in [2.45, 2.75) is 18.4 Å². The van der Waals surface area contributed by atoms with Crippen LogP contribution in [-0.4, -0.2) is 17.9 Å². The van der Waals surface area contributed by atoms with E-state index < -0.39 is 0 Å². The highest BCUT2D eigenvalue weighted by Crippen LogP contribution is 2.26. The largest absolute Gasteiger partial charge is 0.488 e. The van der Waals surface area contributed by atoms with E-state index in [1.807, 2.05) is 42.5 Å². The Kier molecular flexibility index (Phi) is 8.37. The number of nitrogens with zero attached hydrogens (tertiary/aromatic N) is 1. The first-order chi connectivity index (χ1) is 14.5. The minimum absolute atomic E-state index is 0.177. The van der Waals surface area contributed by atoms with E-state index in [1.165, 1.54) is 17.3 Å². The summed E-state index contributed by atoms with van der Waals surface area (Å²) in [6, 6.07) is 21.2. The standard InChI is InChI=1S/C23H20BrClN2O2S/c1-16-3-2-4-18(11-16)14-29-22-10-5-17(12-21(22)24)13-26-27-23(28)15-30-20-8-6-19(25)7-9-20/h2-13H,14-15H2,1H3,(H,27,28)/b26-13-. The van der Waals surface area contributed by atoms with E-state index in [2.05, 4.69) is 45.5 Å². The van der Waals surface area contributed by atoms with Gasteiger partial charge in [0.1, 0.15) is 12.4 Å². The van der Waals surface area contributed by atoms with Crippen LogP contribution in [0.2, 0.25) is 5.02 Å². The van der Waals surface area contributed by atoms with Gasteiger partial charge in [-0.15, -0.1) is 11.8 Å². The van der Waals surface area contributed by atoms with Crippen LogP contribution < -0.4 is 10.2 Å². The molecule has 0 radical (unpaired) electrons. The number of thioether (sulfide) groups is 1. The van der Waals surface area contributed by atoms with Gasteiger partial charge in [-0.2, -0.15) is 5.10 Å². The minimum atomic E-state index is -0.177. The van der Waals surface area contributed by atoms with Crippen molar-refractivity contribution >= 4 is 51.4 Å². The zero-order chi connectivity index (χ0) is 21.3. The molecular formula is C23H20BrClN2O2S. The molecule has 3 aromatic carbocycles. The van der Waals surface area contributed by atoms with E-state index in [4.69, 9.17) is 16.3 Å². The van der Waals surface area contributed by atoms with E-state index >= 15 is 0 Å². The second-order valence-electron chi connectivity index (χ2n) is 6.50. The molecule has 3 aromatic rings. The van der Waals surface area contributed by atoms with Gasteiger partial charge in [0.2, 0.25) is 5.91 Å². The highest BCUT2D eigenvalue weighted by Gasteiger charge is 2.04. The maximum atomic E-state index is 11.9. The number of aryl methyl sites for hydroxylation is 1. The van der Waals surface area contributed by atoms with Gasteiger partial charge >= 0.3 is 0 Å². The third-order valence-corrected chi connectivity index (χ3v) is 5.90. The van der Waals surface area contributed by atoms with Crippen molar-refractivity contribution in [1.29, 1.82) is 0 Å². The van der Waals surface area contributed by atoms with Gasteiger partial charge in [-0.3, -0.25) is 4.79 Å². The first kappa shape index (κ1) is 22.4. The molecule has 0 aromatic heterocycles. The first-order valence-electron chi connectivity index (χ1n) is 9.18. The summed E-state index contributed by atoms with van der Waals surface area (Å²) >= 11 is 10.8. The van der Waals surface area contributed by atoms with E-state index in [1.54, 1.807) is 18.3 Å². The summed E-state index contributed by atoms with van der Waals surface area (Å²) in [6.45, 7) is 2.55. The molecule has 1 amide bonds. The predicted molar refractivity (Wildman–Crippen MR) is 128 cm³/mol. The molecule has 0 aliphatic carbocycles. The molecule has 0 saturated carbocycles. The molecule has 0 bridgehead atoms. The zero-order valence-corrected chi connectivity index (χ0v) is 19.4. The van der Waals surface area contributed by atoms with Crippen molar-refractivity contribution in [3.05, 3.63) is 92.9 Å². The summed E-state index contributed by atoms with van der Waals surface area (Å²) in [7, 11) is 0. The van der Waals surface area contributed by atoms with E-state index in [-0.39, 0.29) is 11.7 Å². The number of carbonyl (C=O) groups is 1. The lowest BCUT2D eigenvalue weighted by atomic mass is 10.1. The number of rotatable bonds is 8. The van der Waals surface area contributed by atoms with Crippen LogP contribution in [0.5, 0.6) is 5.75 Å². The van der Waals surface area contributed by atoms with Crippen LogP contribution >= 0.6 is 39.3 Å². The van der Waals surface area contributed by atoms with Gasteiger partial charge in [-0.05, 0) is 76.4 Å². The fraction of sp³-hybridized carbons (Fsp3) is 0.130. The van der Waals surface area contributed by atoms with Crippen LogP contribution in [0.4, 0.5) is 0 Å². The summed E-state index contributed by atoms with van der Waals surface area (Å²) in [4.78, 5) is 12.9. The maximum absolute atomic E-state index is 11.9. The van der Waals surface area contributed by atoms with Crippen molar-refractivity contribution in [3.8, 4) is 5.75 Å². The van der Waals surface area contributed by atoms with Crippen molar-refractivity contribution in [3.63, 3.8) is 0 Å². The SMILES string of the molecule is Cc1cccc(COc2ccc(/C=N\NC(=O)CSc3ccc(Cl)cc3)cc2Br)c1. The quantitative estimate of drug-likeness (QED) is 0.225. The topological polar surface area (TPSA) is 50.7 Å². The Bertz CT molecular complexity index is 1040. The summed E-state index contributed by atoms with van der Waals surface area (Å²) in [5.74, 6) is 0.842. The molecule has 30 heavy (non-hydrogen) atoms. The lowest BCUT2D eigenvalue weighted by molar-refractivity contribution is -0.118. The van der Waals surface area contributed by atoms with Gasteiger partial charge in [0.15, 0.2) is 0 Å². The molecular weight excluding hydrogens is 484 g/mol. The number of hydrogen-bond acceptors (Lipinski definition) is 4. The Morgan fingerprint density at radius 2 is 1.97 bits per heavy atom. The molecule has 1 N–H and O–H groups in total. The van der Waals surface area contributed by atoms with Gasteiger partial charge < -0.3 is 4.74 Å². The number of ether oxygens (including phenoxy) is 1. The number of amides is 1. The molecule has 0 saturated heterocycles. The zero-order valence-electron chi connectivity index (χ0n) is 16.3. The summed E-state index contributed by atoms with van der Waals surface area (Å²) in [5, 5.41) is 4.69. The number of hydrazone groups is 1. The third kappa shape index (κ3) is 7.20. The van der Waals surface area contributed by atoms with Crippen molar-refractivity contribution < 1.29 is 9.53 Å². The first-order valence-corrected chi connectivity index (χ1v) is 11.3. The Morgan fingerprint density at radius 1 is 1.17 bits per heavy atom. The van der Waals surface area contributed by atoms with Gasteiger partial charge in [-0.1, -0.05) is 41.4 Å². The average Bonchev–Trinajstić information content (AvgIpc) is 2.73.